The molecule has 7 heteroatoms. The van der Waals surface area contributed by atoms with E-state index in [9.17, 15) is 14.4 Å². The summed E-state index contributed by atoms with van der Waals surface area (Å²) in [6.07, 6.45) is 0.216. The van der Waals surface area contributed by atoms with E-state index < -0.39 is 23.7 Å². The summed E-state index contributed by atoms with van der Waals surface area (Å²) in [6.45, 7) is 5.22. The molecule has 0 aromatic heterocycles. The van der Waals surface area contributed by atoms with Gasteiger partial charge in [-0.15, -0.1) is 0 Å². The quantitative estimate of drug-likeness (QED) is 0.666. The molecule has 2 amide bonds. The molecule has 1 atom stereocenters. The lowest BCUT2D eigenvalue weighted by Gasteiger charge is -2.22. The van der Waals surface area contributed by atoms with Gasteiger partial charge in [-0.05, 0) is 39.2 Å². The van der Waals surface area contributed by atoms with Gasteiger partial charge in [0.1, 0.15) is 11.6 Å². The summed E-state index contributed by atoms with van der Waals surface area (Å²) in [6, 6.07) is 8.49. The van der Waals surface area contributed by atoms with Crippen LogP contribution in [0.1, 0.15) is 39.2 Å². The highest BCUT2D eigenvalue weighted by Gasteiger charge is 2.23. The van der Waals surface area contributed by atoms with Crippen molar-refractivity contribution in [1.82, 2.24) is 10.6 Å². The first kappa shape index (κ1) is 20.5. The SMILES string of the molecule is CC(C)(C)OC(=O)N[C@@H](CCNC(=O)CCc1ccccc1)C(=O)O. The van der Waals surface area contributed by atoms with Gasteiger partial charge in [-0.1, -0.05) is 30.3 Å². The first-order chi connectivity index (χ1) is 11.7. The van der Waals surface area contributed by atoms with Crippen molar-refractivity contribution < 1.29 is 24.2 Å². The summed E-state index contributed by atoms with van der Waals surface area (Å²) in [5.41, 5.74) is 0.353. The van der Waals surface area contributed by atoms with Gasteiger partial charge in [-0.3, -0.25) is 4.79 Å². The van der Waals surface area contributed by atoms with Gasteiger partial charge >= 0.3 is 12.1 Å². The number of carbonyl (C=O) groups excluding carboxylic acids is 2. The average molecular weight is 350 g/mol. The van der Waals surface area contributed by atoms with E-state index in [0.29, 0.717) is 12.8 Å². The van der Waals surface area contributed by atoms with Gasteiger partial charge in [0.25, 0.3) is 0 Å². The number of hydrogen-bond donors (Lipinski definition) is 3. The van der Waals surface area contributed by atoms with Crippen LogP contribution in [0.15, 0.2) is 30.3 Å². The summed E-state index contributed by atoms with van der Waals surface area (Å²) in [4.78, 5) is 34.7. The molecule has 0 fully saturated rings. The number of carbonyl (C=O) groups is 3. The Hall–Kier alpha value is -2.57. The summed E-state index contributed by atoms with van der Waals surface area (Å²) in [5.74, 6) is -1.34. The Morgan fingerprint density at radius 1 is 1.16 bits per heavy atom. The van der Waals surface area contributed by atoms with Crippen LogP contribution in [0.2, 0.25) is 0 Å². The van der Waals surface area contributed by atoms with Gasteiger partial charge in [-0.2, -0.15) is 0 Å². The molecule has 0 bridgehead atoms. The standard InChI is InChI=1S/C18H26N2O5/c1-18(2,3)25-17(24)20-14(16(22)23)11-12-19-15(21)10-9-13-7-5-4-6-8-13/h4-8,14H,9-12H2,1-3H3,(H,19,21)(H,20,24)(H,22,23)/t14-/m0/s1. The molecule has 0 aliphatic heterocycles. The van der Waals surface area contributed by atoms with Crippen LogP contribution in [0.5, 0.6) is 0 Å². The molecule has 7 nitrogen and oxygen atoms in total. The molecule has 25 heavy (non-hydrogen) atoms. The van der Waals surface area contributed by atoms with Crippen molar-refractivity contribution >= 4 is 18.0 Å². The van der Waals surface area contributed by atoms with Crippen LogP contribution in [0, 0.1) is 0 Å². The van der Waals surface area contributed by atoms with E-state index in [1.54, 1.807) is 20.8 Å². The zero-order valence-electron chi connectivity index (χ0n) is 14.9. The Morgan fingerprint density at radius 2 is 1.80 bits per heavy atom. The fraction of sp³-hybridized carbons (Fsp3) is 0.500. The number of carboxylic acids is 1. The number of hydrogen-bond acceptors (Lipinski definition) is 4. The summed E-state index contributed by atoms with van der Waals surface area (Å²) >= 11 is 0. The van der Waals surface area contributed by atoms with Crippen LogP contribution < -0.4 is 10.6 Å². The van der Waals surface area contributed by atoms with Crippen molar-refractivity contribution in [3.05, 3.63) is 35.9 Å². The zero-order chi connectivity index (χ0) is 18.9. The van der Waals surface area contributed by atoms with E-state index in [1.165, 1.54) is 0 Å². The molecule has 1 rings (SSSR count). The second kappa shape index (κ2) is 9.66. The number of carboxylic acid groups (broad SMARTS) is 1. The van der Waals surface area contributed by atoms with E-state index >= 15 is 0 Å². The Kier molecular flexibility index (Phi) is 7.91. The third-order valence-electron chi connectivity index (χ3n) is 3.23. The first-order valence-electron chi connectivity index (χ1n) is 8.20. The number of ether oxygens (including phenoxy) is 1. The van der Waals surface area contributed by atoms with Gasteiger partial charge in [0.15, 0.2) is 0 Å². The molecule has 0 saturated heterocycles. The highest BCUT2D eigenvalue weighted by molar-refractivity contribution is 5.80. The smallest absolute Gasteiger partial charge is 0.408 e. The third kappa shape index (κ3) is 9.34. The van der Waals surface area contributed by atoms with Gasteiger partial charge in [0, 0.05) is 13.0 Å². The van der Waals surface area contributed by atoms with E-state index in [1.807, 2.05) is 30.3 Å². The Balaban J connectivity index is 2.33. The second-order valence-electron chi connectivity index (χ2n) is 6.66. The van der Waals surface area contributed by atoms with Crippen LogP contribution in [0.25, 0.3) is 0 Å². The normalized spacial score (nSPS) is 12.1. The lowest BCUT2D eigenvalue weighted by atomic mass is 10.1. The predicted octanol–water partition coefficient (Wildman–Crippen LogP) is 2.10. The van der Waals surface area contributed by atoms with Crippen LogP contribution in [0.4, 0.5) is 4.79 Å². The molecule has 1 aromatic rings. The van der Waals surface area contributed by atoms with Crippen LogP contribution in [-0.2, 0) is 20.7 Å². The minimum absolute atomic E-state index is 0.0751. The maximum absolute atomic E-state index is 11.8. The van der Waals surface area contributed by atoms with Crippen molar-refractivity contribution in [3.8, 4) is 0 Å². The van der Waals surface area contributed by atoms with Crippen molar-refractivity contribution in [2.24, 2.45) is 0 Å². The maximum Gasteiger partial charge on any atom is 0.408 e. The lowest BCUT2D eigenvalue weighted by molar-refractivity contribution is -0.139. The number of benzene rings is 1. The third-order valence-corrected chi connectivity index (χ3v) is 3.23. The summed E-state index contributed by atoms with van der Waals surface area (Å²) in [5, 5.41) is 14.1. The number of amides is 2. The lowest BCUT2D eigenvalue weighted by Crippen LogP contribution is -2.45. The number of rotatable bonds is 8. The minimum Gasteiger partial charge on any atom is -0.480 e. The Labute approximate surface area is 147 Å². The largest absolute Gasteiger partial charge is 0.480 e. The topological polar surface area (TPSA) is 105 Å². The van der Waals surface area contributed by atoms with Crippen molar-refractivity contribution in [2.45, 2.75) is 51.7 Å². The average Bonchev–Trinajstić information content (AvgIpc) is 2.51. The number of nitrogens with one attached hydrogen (secondary N) is 2. The summed E-state index contributed by atoms with van der Waals surface area (Å²) in [7, 11) is 0. The van der Waals surface area contributed by atoms with E-state index in [0.717, 1.165) is 5.56 Å². The van der Waals surface area contributed by atoms with Crippen LogP contribution in [-0.4, -0.2) is 41.3 Å². The van der Waals surface area contributed by atoms with Crippen LogP contribution in [0.3, 0.4) is 0 Å². The first-order valence-corrected chi connectivity index (χ1v) is 8.20. The van der Waals surface area contributed by atoms with Gasteiger partial charge in [0.05, 0.1) is 0 Å². The highest BCUT2D eigenvalue weighted by atomic mass is 16.6. The number of aryl methyl sites for hydroxylation is 1. The maximum atomic E-state index is 11.8. The molecule has 0 saturated carbocycles. The van der Waals surface area contributed by atoms with Crippen LogP contribution >= 0.6 is 0 Å². The zero-order valence-corrected chi connectivity index (χ0v) is 14.9. The molecule has 0 aliphatic rings. The molecule has 138 valence electrons. The molecular weight excluding hydrogens is 324 g/mol. The molecular formula is C18H26N2O5. The van der Waals surface area contributed by atoms with Crippen molar-refractivity contribution in [2.75, 3.05) is 6.54 Å². The molecule has 3 N–H and O–H groups in total. The highest BCUT2D eigenvalue weighted by Crippen LogP contribution is 2.07. The molecule has 1 aromatic carbocycles. The minimum atomic E-state index is -1.18. The molecule has 0 unspecified atom stereocenters. The Bertz CT molecular complexity index is 581. The molecule has 0 spiro atoms. The predicted molar refractivity (Wildman–Crippen MR) is 93.2 cm³/mol. The summed E-state index contributed by atoms with van der Waals surface area (Å²) < 4.78 is 5.03. The Morgan fingerprint density at radius 3 is 2.36 bits per heavy atom. The fourth-order valence-electron chi connectivity index (χ4n) is 2.05. The molecule has 0 aliphatic carbocycles. The van der Waals surface area contributed by atoms with Crippen molar-refractivity contribution in [3.63, 3.8) is 0 Å². The molecule has 0 radical (unpaired) electrons. The van der Waals surface area contributed by atoms with E-state index in [4.69, 9.17) is 9.84 Å². The van der Waals surface area contributed by atoms with Gasteiger partial charge in [-0.25, -0.2) is 9.59 Å². The number of aliphatic carboxylic acids is 1. The van der Waals surface area contributed by atoms with E-state index in [2.05, 4.69) is 10.6 Å². The van der Waals surface area contributed by atoms with Gasteiger partial charge in [0.2, 0.25) is 5.91 Å². The number of alkyl carbamates (subject to hydrolysis) is 1. The second-order valence-corrected chi connectivity index (χ2v) is 6.66. The van der Waals surface area contributed by atoms with Crippen molar-refractivity contribution in [1.29, 1.82) is 0 Å². The fourth-order valence-corrected chi connectivity index (χ4v) is 2.05. The monoisotopic (exact) mass is 350 g/mol. The van der Waals surface area contributed by atoms with Gasteiger partial charge < -0.3 is 20.5 Å². The van der Waals surface area contributed by atoms with E-state index in [-0.39, 0.29) is 18.9 Å². The molecule has 0 heterocycles.